The minimum atomic E-state index is -0.250. The molecule has 0 unspecified atom stereocenters. The topological polar surface area (TPSA) is 62.3 Å². The third-order valence-corrected chi connectivity index (χ3v) is 4.65. The summed E-state index contributed by atoms with van der Waals surface area (Å²) in [6.45, 7) is 2.71. The molecule has 1 N–H and O–H groups in total. The second-order valence-electron chi connectivity index (χ2n) is 6.49. The summed E-state index contributed by atoms with van der Waals surface area (Å²) < 4.78 is 0. The number of carbonyl (C=O) groups excluding carboxylic acids is 2. The van der Waals surface area contributed by atoms with Crippen LogP contribution in [0.4, 0.5) is 11.4 Å². The maximum Gasteiger partial charge on any atom is 0.274 e. The van der Waals surface area contributed by atoms with Crippen molar-refractivity contribution in [3.8, 4) is 0 Å². The molecular formula is C21H19N3O2. The summed E-state index contributed by atoms with van der Waals surface area (Å²) in [5, 5.41) is 3.89. The number of nitrogens with zero attached hydrogens (tertiary/aromatic N) is 2. The maximum absolute atomic E-state index is 12.5. The minimum Gasteiger partial charge on any atom is -0.321 e. The van der Waals surface area contributed by atoms with Crippen LogP contribution in [0.3, 0.4) is 0 Å². The summed E-state index contributed by atoms with van der Waals surface area (Å²) >= 11 is 0. The Bertz CT molecular complexity index is 1010. The van der Waals surface area contributed by atoms with E-state index in [0.717, 1.165) is 35.1 Å². The van der Waals surface area contributed by atoms with Crippen molar-refractivity contribution in [1.29, 1.82) is 0 Å². The van der Waals surface area contributed by atoms with E-state index >= 15 is 0 Å². The minimum absolute atomic E-state index is 0.158. The number of nitrogens with one attached hydrogen (secondary N) is 1. The quantitative estimate of drug-likeness (QED) is 0.782. The largest absolute Gasteiger partial charge is 0.321 e. The number of hydrogen-bond acceptors (Lipinski definition) is 3. The van der Waals surface area contributed by atoms with Crippen LogP contribution in [0.5, 0.6) is 0 Å². The first-order valence-corrected chi connectivity index (χ1v) is 8.70. The van der Waals surface area contributed by atoms with E-state index in [4.69, 9.17) is 0 Å². The molecule has 1 aliphatic heterocycles. The van der Waals surface area contributed by atoms with Crippen molar-refractivity contribution in [2.24, 2.45) is 0 Å². The Morgan fingerprint density at radius 3 is 2.73 bits per heavy atom. The predicted molar refractivity (Wildman–Crippen MR) is 102 cm³/mol. The lowest BCUT2D eigenvalue weighted by Gasteiger charge is -2.19. The normalized spacial score (nSPS) is 14.0. The molecule has 0 saturated carbocycles. The molecule has 5 heteroatoms. The van der Waals surface area contributed by atoms with E-state index in [-0.39, 0.29) is 11.8 Å². The van der Waals surface area contributed by atoms with Crippen molar-refractivity contribution in [3.63, 3.8) is 0 Å². The molecule has 2 heterocycles. The number of anilines is 2. The Morgan fingerprint density at radius 1 is 1.12 bits per heavy atom. The van der Waals surface area contributed by atoms with Crippen molar-refractivity contribution in [3.05, 3.63) is 65.9 Å². The van der Waals surface area contributed by atoms with Crippen LogP contribution in [0, 0.1) is 6.92 Å². The first-order chi connectivity index (χ1) is 12.6. The van der Waals surface area contributed by atoms with Gasteiger partial charge in [-0.1, -0.05) is 24.3 Å². The highest BCUT2D eigenvalue weighted by molar-refractivity contribution is 6.04. The van der Waals surface area contributed by atoms with Gasteiger partial charge in [0.1, 0.15) is 5.69 Å². The van der Waals surface area contributed by atoms with Crippen LogP contribution in [0.2, 0.25) is 0 Å². The molecule has 1 aromatic heterocycles. The van der Waals surface area contributed by atoms with E-state index < -0.39 is 0 Å². The van der Waals surface area contributed by atoms with Crippen LogP contribution in [0.25, 0.3) is 10.9 Å². The first kappa shape index (κ1) is 16.3. The summed E-state index contributed by atoms with van der Waals surface area (Å²) in [5.74, 6) is -0.0922. The molecule has 1 fully saturated rings. The molecule has 2 amide bonds. The molecule has 1 aliphatic rings. The molecule has 3 aromatic rings. The maximum atomic E-state index is 12.5. The van der Waals surface area contributed by atoms with Crippen molar-refractivity contribution in [2.45, 2.75) is 19.8 Å². The summed E-state index contributed by atoms with van der Waals surface area (Å²) in [5.41, 5.74) is 3.73. The third-order valence-electron chi connectivity index (χ3n) is 4.65. The number of fused-ring (bicyclic) bond motifs is 1. The van der Waals surface area contributed by atoms with Gasteiger partial charge < -0.3 is 10.2 Å². The number of rotatable bonds is 3. The van der Waals surface area contributed by atoms with Crippen molar-refractivity contribution < 1.29 is 9.59 Å². The number of para-hydroxylation sites is 1. The zero-order chi connectivity index (χ0) is 18.1. The molecule has 5 nitrogen and oxygen atoms in total. The summed E-state index contributed by atoms with van der Waals surface area (Å²) in [7, 11) is 0. The molecule has 0 radical (unpaired) electrons. The summed E-state index contributed by atoms with van der Waals surface area (Å²) in [6, 6.07) is 16.9. The van der Waals surface area contributed by atoms with Crippen LogP contribution in [0.1, 0.15) is 28.9 Å². The Labute approximate surface area is 151 Å². The van der Waals surface area contributed by atoms with Gasteiger partial charge in [0.25, 0.3) is 5.91 Å². The monoisotopic (exact) mass is 345 g/mol. The van der Waals surface area contributed by atoms with Gasteiger partial charge in [0, 0.05) is 29.7 Å². The highest BCUT2D eigenvalue weighted by Gasteiger charge is 2.23. The highest BCUT2D eigenvalue weighted by atomic mass is 16.2. The number of aryl methyl sites for hydroxylation is 1. The Kier molecular flexibility index (Phi) is 4.13. The van der Waals surface area contributed by atoms with Crippen molar-refractivity contribution in [2.75, 3.05) is 16.8 Å². The number of hydrogen-bond donors (Lipinski definition) is 1. The molecule has 0 bridgehead atoms. The third kappa shape index (κ3) is 3.04. The molecule has 4 rings (SSSR count). The van der Waals surface area contributed by atoms with Crippen LogP contribution >= 0.6 is 0 Å². The lowest BCUT2D eigenvalue weighted by molar-refractivity contribution is -0.117. The van der Waals surface area contributed by atoms with Gasteiger partial charge in [0.05, 0.1) is 5.52 Å². The molecule has 0 atom stereocenters. The fourth-order valence-corrected chi connectivity index (χ4v) is 3.33. The molecule has 1 saturated heterocycles. The van der Waals surface area contributed by atoms with Gasteiger partial charge in [-0.2, -0.15) is 0 Å². The van der Waals surface area contributed by atoms with Gasteiger partial charge in [0.2, 0.25) is 5.91 Å². The molecule has 0 aliphatic carbocycles. The van der Waals surface area contributed by atoms with Crippen molar-refractivity contribution >= 4 is 34.1 Å². The highest BCUT2D eigenvalue weighted by Crippen LogP contribution is 2.27. The van der Waals surface area contributed by atoms with Crippen LogP contribution in [0.15, 0.2) is 54.6 Å². The fraction of sp³-hybridized carbons (Fsp3) is 0.190. The number of pyridine rings is 1. The van der Waals surface area contributed by atoms with E-state index in [9.17, 15) is 9.59 Å². The first-order valence-electron chi connectivity index (χ1n) is 8.70. The van der Waals surface area contributed by atoms with Crippen molar-refractivity contribution in [1.82, 2.24) is 4.98 Å². The average molecular weight is 345 g/mol. The van der Waals surface area contributed by atoms with Gasteiger partial charge in [-0.3, -0.25) is 9.59 Å². The van der Waals surface area contributed by atoms with Crippen LogP contribution in [-0.4, -0.2) is 23.3 Å². The van der Waals surface area contributed by atoms with Gasteiger partial charge >= 0.3 is 0 Å². The number of benzene rings is 2. The van der Waals surface area contributed by atoms with E-state index in [1.165, 1.54) is 0 Å². The van der Waals surface area contributed by atoms with E-state index in [1.54, 1.807) is 6.07 Å². The van der Waals surface area contributed by atoms with Crippen LogP contribution < -0.4 is 10.2 Å². The zero-order valence-electron chi connectivity index (χ0n) is 14.5. The van der Waals surface area contributed by atoms with Gasteiger partial charge in [-0.15, -0.1) is 0 Å². The smallest absolute Gasteiger partial charge is 0.274 e. The number of amides is 2. The van der Waals surface area contributed by atoms with E-state index in [0.29, 0.717) is 17.8 Å². The van der Waals surface area contributed by atoms with E-state index in [1.807, 2.05) is 60.4 Å². The van der Waals surface area contributed by atoms with Gasteiger partial charge in [-0.25, -0.2) is 4.98 Å². The summed E-state index contributed by atoms with van der Waals surface area (Å²) in [4.78, 5) is 30.7. The number of carbonyl (C=O) groups is 2. The standard InChI is InChI=1S/C21H19N3O2/c1-14-13-16(9-11-19(14)24-12-4-7-20(24)25)22-21(26)18-10-8-15-5-2-3-6-17(15)23-18/h2-3,5-6,8-11,13H,4,7,12H2,1H3,(H,22,26). The molecular weight excluding hydrogens is 326 g/mol. The Morgan fingerprint density at radius 2 is 1.96 bits per heavy atom. The molecule has 2 aromatic carbocycles. The zero-order valence-corrected chi connectivity index (χ0v) is 14.5. The molecule has 0 spiro atoms. The molecule has 130 valence electrons. The number of aromatic nitrogens is 1. The Balaban J connectivity index is 1.55. The SMILES string of the molecule is Cc1cc(NC(=O)c2ccc3ccccc3n2)ccc1N1CCCC1=O. The van der Waals surface area contributed by atoms with Gasteiger partial charge in [-0.05, 0) is 49.2 Å². The average Bonchev–Trinajstić information content (AvgIpc) is 3.07. The fourth-order valence-electron chi connectivity index (χ4n) is 3.33. The lowest BCUT2D eigenvalue weighted by atomic mass is 10.1. The van der Waals surface area contributed by atoms with Crippen LogP contribution in [-0.2, 0) is 4.79 Å². The van der Waals surface area contributed by atoms with E-state index in [2.05, 4.69) is 10.3 Å². The Hall–Kier alpha value is -3.21. The second kappa shape index (κ2) is 6.59. The molecule has 26 heavy (non-hydrogen) atoms. The predicted octanol–water partition coefficient (Wildman–Crippen LogP) is 3.92. The lowest BCUT2D eigenvalue weighted by Crippen LogP contribution is -2.24. The summed E-state index contributed by atoms with van der Waals surface area (Å²) in [6.07, 6.45) is 1.50. The second-order valence-corrected chi connectivity index (χ2v) is 6.49. The van der Waals surface area contributed by atoms with Gasteiger partial charge in [0.15, 0.2) is 0 Å².